The van der Waals surface area contributed by atoms with Crippen LogP contribution >= 0.6 is 0 Å². The number of nitrogens with zero attached hydrogens (tertiary/aromatic N) is 1. The first-order chi connectivity index (χ1) is 15.0. The summed E-state index contributed by atoms with van der Waals surface area (Å²) in [6, 6.07) is 5.40. The monoisotopic (exact) mass is 433 g/mol. The molecule has 166 valence electrons. The van der Waals surface area contributed by atoms with Crippen LogP contribution in [0.1, 0.15) is 36.3 Å². The van der Waals surface area contributed by atoms with E-state index in [2.05, 4.69) is 6.07 Å². The largest absolute Gasteiger partial charge is 0.488 e. The Balaban J connectivity index is 1.65. The highest BCUT2D eigenvalue weighted by molar-refractivity contribution is 5.56. The normalized spacial score (nSPS) is 28.0. The molecule has 1 aliphatic heterocycles. The number of benzene rings is 1. The van der Waals surface area contributed by atoms with E-state index >= 15 is 0 Å². The fraction of sp³-hybridized carbons (Fsp3) is 0.522. The average Bonchev–Trinajstić information content (AvgIpc) is 3.10. The van der Waals surface area contributed by atoms with E-state index in [1.165, 1.54) is 7.11 Å². The first kappa shape index (κ1) is 21.6. The molecule has 1 saturated carbocycles. The minimum absolute atomic E-state index is 0.00404. The van der Waals surface area contributed by atoms with Gasteiger partial charge >= 0.3 is 0 Å². The van der Waals surface area contributed by atoms with Gasteiger partial charge in [0.2, 0.25) is 5.92 Å². The molecule has 0 radical (unpaired) electrons. The minimum atomic E-state index is -2.78. The Hall–Kier alpha value is -2.63. The molecule has 0 N–H and O–H groups in total. The Labute approximate surface area is 180 Å². The van der Waals surface area contributed by atoms with E-state index in [1.54, 1.807) is 19.2 Å². The van der Waals surface area contributed by atoms with Crippen molar-refractivity contribution in [2.24, 2.45) is 11.8 Å². The van der Waals surface area contributed by atoms with E-state index in [1.807, 2.05) is 18.2 Å². The van der Waals surface area contributed by atoms with Crippen molar-refractivity contribution in [3.63, 3.8) is 0 Å². The van der Waals surface area contributed by atoms with Crippen molar-refractivity contribution in [1.82, 2.24) is 0 Å². The lowest BCUT2D eigenvalue weighted by Gasteiger charge is -2.40. The van der Waals surface area contributed by atoms with Crippen molar-refractivity contribution in [3.8, 4) is 17.6 Å². The third kappa shape index (κ3) is 4.39. The van der Waals surface area contributed by atoms with Crippen molar-refractivity contribution in [1.29, 1.82) is 5.26 Å². The summed E-state index contributed by atoms with van der Waals surface area (Å²) in [6.45, 7) is 0.147. The second-order valence-corrected chi connectivity index (χ2v) is 8.08. The number of halogens is 2. The molecule has 0 amide bonds. The van der Waals surface area contributed by atoms with Crippen LogP contribution in [-0.4, -0.2) is 39.8 Å². The molecule has 1 heterocycles. The van der Waals surface area contributed by atoms with Crippen molar-refractivity contribution in [2.75, 3.05) is 27.8 Å². The number of hydrogen-bond acceptors (Lipinski definition) is 6. The maximum Gasteiger partial charge on any atom is 0.249 e. The zero-order chi connectivity index (χ0) is 22.0. The number of allylic oxidation sites excluding steroid dienone is 2. The lowest BCUT2D eigenvalue weighted by Crippen LogP contribution is -2.39. The molecule has 1 fully saturated rings. The third-order valence-electron chi connectivity index (χ3n) is 6.06. The third-order valence-corrected chi connectivity index (χ3v) is 6.06. The zero-order valence-electron chi connectivity index (χ0n) is 17.5. The van der Waals surface area contributed by atoms with E-state index in [0.29, 0.717) is 29.2 Å². The summed E-state index contributed by atoms with van der Waals surface area (Å²) in [6.07, 6.45) is 5.31. The van der Waals surface area contributed by atoms with Gasteiger partial charge in [0.25, 0.3) is 0 Å². The SMILES string of the molecule is COCOC1=CCC([C@@H]2Oc3c(C#N)cc(OCOC)cc3[C@@H]3CC(F)(F)C[C@@H]32)C=C1. The zero-order valence-corrected chi connectivity index (χ0v) is 17.5. The molecule has 1 aromatic carbocycles. The van der Waals surface area contributed by atoms with E-state index in [0.717, 1.165) is 0 Å². The van der Waals surface area contributed by atoms with Crippen LogP contribution in [0.25, 0.3) is 0 Å². The van der Waals surface area contributed by atoms with E-state index in [4.69, 9.17) is 23.7 Å². The Morgan fingerprint density at radius 3 is 2.61 bits per heavy atom. The van der Waals surface area contributed by atoms with Crippen LogP contribution in [0.3, 0.4) is 0 Å². The predicted octanol–water partition coefficient (Wildman–Crippen LogP) is 4.51. The number of nitriles is 1. The van der Waals surface area contributed by atoms with Crippen LogP contribution in [-0.2, 0) is 14.2 Å². The van der Waals surface area contributed by atoms with Gasteiger partial charge < -0.3 is 23.7 Å². The van der Waals surface area contributed by atoms with Gasteiger partial charge in [-0.3, -0.25) is 0 Å². The van der Waals surface area contributed by atoms with E-state index < -0.39 is 17.9 Å². The Bertz CT molecular complexity index is 923. The van der Waals surface area contributed by atoms with Crippen LogP contribution in [0, 0.1) is 23.2 Å². The first-order valence-corrected chi connectivity index (χ1v) is 10.2. The number of methoxy groups -OCH3 is 2. The molecule has 3 aliphatic rings. The van der Waals surface area contributed by atoms with Crippen LogP contribution in [0.5, 0.6) is 11.5 Å². The number of alkyl halides is 2. The van der Waals surface area contributed by atoms with Gasteiger partial charge in [0.15, 0.2) is 13.6 Å². The molecule has 0 saturated heterocycles. The molecule has 2 aliphatic carbocycles. The molecule has 8 heteroatoms. The molecular formula is C23H25F2NO5. The summed E-state index contributed by atoms with van der Waals surface area (Å²) in [5.74, 6) is -2.18. The molecule has 31 heavy (non-hydrogen) atoms. The van der Waals surface area contributed by atoms with Crippen LogP contribution < -0.4 is 9.47 Å². The second-order valence-electron chi connectivity index (χ2n) is 8.08. The molecule has 1 aromatic rings. The molecule has 1 unspecified atom stereocenters. The minimum Gasteiger partial charge on any atom is -0.488 e. The molecular weight excluding hydrogens is 408 g/mol. The number of fused-ring (bicyclic) bond motifs is 3. The predicted molar refractivity (Wildman–Crippen MR) is 107 cm³/mol. The van der Waals surface area contributed by atoms with Crippen molar-refractivity contribution < 1.29 is 32.5 Å². The number of rotatable bonds is 7. The molecule has 0 spiro atoms. The van der Waals surface area contributed by atoms with Gasteiger partial charge in [0.05, 0.1) is 5.56 Å². The molecule has 6 nitrogen and oxygen atoms in total. The Morgan fingerprint density at radius 1 is 1.16 bits per heavy atom. The van der Waals surface area contributed by atoms with Crippen LogP contribution in [0.2, 0.25) is 0 Å². The lowest BCUT2D eigenvalue weighted by molar-refractivity contribution is -0.00663. The molecule has 0 bridgehead atoms. The fourth-order valence-corrected chi connectivity index (χ4v) is 4.78. The average molecular weight is 433 g/mol. The first-order valence-electron chi connectivity index (χ1n) is 10.2. The molecule has 4 atom stereocenters. The Morgan fingerprint density at radius 2 is 1.94 bits per heavy atom. The standard InChI is InChI=1S/C23H25F2NO5/c1-27-12-29-16-5-3-14(4-6-16)21-20-10-23(24,25)9-19(20)18-8-17(30-13-28-2)7-15(11-26)22(18)31-21/h3,5-8,14,19-21H,4,9-10,12-13H2,1-2H3/t14?,19-,20-,21-/m0/s1. The van der Waals surface area contributed by atoms with Crippen molar-refractivity contribution in [2.45, 2.75) is 37.2 Å². The maximum atomic E-state index is 14.5. The maximum absolute atomic E-state index is 14.5. The van der Waals surface area contributed by atoms with Crippen LogP contribution in [0.4, 0.5) is 8.78 Å². The van der Waals surface area contributed by atoms with E-state index in [-0.39, 0.29) is 43.8 Å². The summed E-state index contributed by atoms with van der Waals surface area (Å²) in [5, 5.41) is 9.68. The van der Waals surface area contributed by atoms with Gasteiger partial charge in [-0.05, 0) is 30.6 Å². The van der Waals surface area contributed by atoms with Gasteiger partial charge in [-0.15, -0.1) is 0 Å². The quantitative estimate of drug-likeness (QED) is 0.590. The Kier molecular flexibility index (Phi) is 6.17. The van der Waals surface area contributed by atoms with Gasteiger partial charge in [0.1, 0.15) is 29.4 Å². The van der Waals surface area contributed by atoms with Gasteiger partial charge in [-0.1, -0.05) is 6.08 Å². The summed E-state index contributed by atoms with van der Waals surface area (Å²) in [5.41, 5.74) is 0.893. The highest BCUT2D eigenvalue weighted by atomic mass is 19.3. The topological polar surface area (TPSA) is 69.9 Å². The van der Waals surface area contributed by atoms with Crippen LogP contribution in [0.15, 0.2) is 36.1 Å². The molecule has 0 aromatic heterocycles. The summed E-state index contributed by atoms with van der Waals surface area (Å²) in [7, 11) is 3.03. The second kappa shape index (κ2) is 8.85. The number of hydrogen-bond donors (Lipinski definition) is 0. The van der Waals surface area contributed by atoms with Gasteiger partial charge in [-0.2, -0.15) is 5.26 Å². The summed E-state index contributed by atoms with van der Waals surface area (Å²) in [4.78, 5) is 0. The van der Waals surface area contributed by atoms with Crippen molar-refractivity contribution in [3.05, 3.63) is 47.2 Å². The molecule has 4 rings (SSSR count). The highest BCUT2D eigenvalue weighted by Gasteiger charge is 2.54. The summed E-state index contributed by atoms with van der Waals surface area (Å²) >= 11 is 0. The highest BCUT2D eigenvalue weighted by Crippen LogP contribution is 2.57. The fourth-order valence-electron chi connectivity index (χ4n) is 4.78. The number of ether oxygens (including phenoxy) is 5. The van der Waals surface area contributed by atoms with E-state index in [9.17, 15) is 14.0 Å². The van der Waals surface area contributed by atoms with Gasteiger partial charge in [-0.25, -0.2) is 8.78 Å². The van der Waals surface area contributed by atoms with Gasteiger partial charge in [0, 0.05) is 50.5 Å². The smallest absolute Gasteiger partial charge is 0.249 e. The summed E-state index contributed by atoms with van der Waals surface area (Å²) < 4.78 is 56.1. The van der Waals surface area contributed by atoms with Crippen molar-refractivity contribution >= 4 is 0 Å². The lowest BCUT2D eigenvalue weighted by atomic mass is 9.76.